The molecule has 2 rings (SSSR count). The van der Waals surface area contributed by atoms with Crippen molar-refractivity contribution in [2.45, 2.75) is 26.3 Å². The number of hydrogen-bond donors (Lipinski definition) is 2. The molecular weight excluding hydrogens is 224 g/mol. The zero-order valence-corrected chi connectivity index (χ0v) is 10.1. The monoisotopic (exact) mass is 238 g/mol. The lowest BCUT2D eigenvalue weighted by Gasteiger charge is -2.09. The van der Waals surface area contributed by atoms with Crippen LogP contribution in [0.4, 0.5) is 5.69 Å². The molecule has 0 spiro atoms. The number of benzene rings is 1. The largest absolute Gasteiger partial charge is 0.398 e. The van der Waals surface area contributed by atoms with Crippen molar-refractivity contribution in [2.24, 2.45) is 5.41 Å². The number of amides is 1. The number of rotatable bonds is 2. The topological polar surface area (TPSA) is 55.1 Å². The molecule has 1 aromatic carbocycles. The van der Waals surface area contributed by atoms with Gasteiger partial charge in [-0.3, -0.25) is 4.79 Å². The Labute approximate surface area is 100.0 Å². The summed E-state index contributed by atoms with van der Waals surface area (Å²) in [6.45, 7) is 4.25. The summed E-state index contributed by atoms with van der Waals surface area (Å²) < 4.78 is 0. The van der Waals surface area contributed by atoms with Gasteiger partial charge in [-0.15, -0.1) is 0 Å². The quantitative estimate of drug-likeness (QED) is 0.778. The summed E-state index contributed by atoms with van der Waals surface area (Å²) in [5.74, 6) is -0.145. The van der Waals surface area contributed by atoms with Gasteiger partial charge in [-0.2, -0.15) is 0 Å². The van der Waals surface area contributed by atoms with E-state index in [9.17, 15) is 4.79 Å². The summed E-state index contributed by atoms with van der Waals surface area (Å²) >= 11 is 5.98. The van der Waals surface area contributed by atoms with Gasteiger partial charge in [0.2, 0.25) is 0 Å². The molecule has 0 radical (unpaired) electrons. The predicted molar refractivity (Wildman–Crippen MR) is 65.5 cm³/mol. The van der Waals surface area contributed by atoms with E-state index in [2.05, 4.69) is 19.2 Å². The third-order valence-corrected chi connectivity index (χ3v) is 3.51. The smallest absolute Gasteiger partial charge is 0.253 e. The summed E-state index contributed by atoms with van der Waals surface area (Å²) in [4.78, 5) is 11.9. The first kappa shape index (κ1) is 11.3. The Bertz CT molecular complexity index is 443. The van der Waals surface area contributed by atoms with E-state index in [-0.39, 0.29) is 17.4 Å². The van der Waals surface area contributed by atoms with Crippen LogP contribution in [0, 0.1) is 5.41 Å². The van der Waals surface area contributed by atoms with Gasteiger partial charge in [0, 0.05) is 6.04 Å². The molecule has 3 N–H and O–H groups in total. The standard InChI is InChI=1S/C12H15ClN2O/c1-12(2)6-9(12)15-11(16)7-4-3-5-8(14)10(7)13/h3-5,9H,6,14H2,1-2H3,(H,15,16). The Hall–Kier alpha value is -1.22. The summed E-state index contributed by atoms with van der Waals surface area (Å²) in [7, 11) is 0. The fourth-order valence-corrected chi connectivity index (χ4v) is 1.89. The number of nitrogens with two attached hydrogens (primary N) is 1. The number of carbonyl (C=O) groups is 1. The minimum atomic E-state index is -0.145. The van der Waals surface area contributed by atoms with Crippen molar-refractivity contribution in [3.63, 3.8) is 0 Å². The third kappa shape index (κ3) is 2.00. The molecule has 4 heteroatoms. The predicted octanol–water partition coefficient (Wildman–Crippen LogP) is 2.45. The Kier molecular flexibility index (Phi) is 2.58. The minimum Gasteiger partial charge on any atom is -0.398 e. The van der Waals surface area contributed by atoms with Gasteiger partial charge in [0.15, 0.2) is 0 Å². The van der Waals surface area contributed by atoms with Gasteiger partial charge in [-0.25, -0.2) is 0 Å². The zero-order chi connectivity index (χ0) is 11.9. The van der Waals surface area contributed by atoms with Crippen LogP contribution < -0.4 is 11.1 Å². The molecule has 0 aliphatic heterocycles. The highest BCUT2D eigenvalue weighted by atomic mass is 35.5. The van der Waals surface area contributed by atoms with Crippen LogP contribution in [0.1, 0.15) is 30.6 Å². The molecule has 1 aliphatic rings. The molecule has 0 aromatic heterocycles. The SMILES string of the molecule is CC1(C)CC1NC(=O)c1cccc(N)c1Cl. The number of nitrogens with one attached hydrogen (secondary N) is 1. The number of anilines is 1. The van der Waals surface area contributed by atoms with Crippen molar-refractivity contribution >= 4 is 23.2 Å². The molecule has 16 heavy (non-hydrogen) atoms. The van der Waals surface area contributed by atoms with Gasteiger partial charge in [-0.1, -0.05) is 31.5 Å². The number of carbonyl (C=O) groups excluding carboxylic acids is 1. The Morgan fingerprint density at radius 3 is 2.75 bits per heavy atom. The summed E-state index contributed by atoms with van der Waals surface area (Å²) in [5, 5.41) is 3.28. The van der Waals surface area contributed by atoms with Crippen LogP contribution >= 0.6 is 11.6 Å². The Balaban J connectivity index is 2.13. The van der Waals surface area contributed by atoms with Crippen molar-refractivity contribution in [1.29, 1.82) is 0 Å². The molecule has 1 atom stereocenters. The fourth-order valence-electron chi connectivity index (χ4n) is 1.67. The van der Waals surface area contributed by atoms with E-state index in [0.29, 0.717) is 16.3 Å². The van der Waals surface area contributed by atoms with E-state index in [1.165, 1.54) is 0 Å². The molecule has 1 aliphatic carbocycles. The van der Waals surface area contributed by atoms with Gasteiger partial charge >= 0.3 is 0 Å². The van der Waals surface area contributed by atoms with E-state index in [1.807, 2.05) is 0 Å². The molecule has 0 saturated heterocycles. The lowest BCUT2D eigenvalue weighted by molar-refractivity contribution is 0.0946. The normalized spacial score (nSPS) is 21.6. The van der Waals surface area contributed by atoms with E-state index in [4.69, 9.17) is 17.3 Å². The average molecular weight is 239 g/mol. The van der Waals surface area contributed by atoms with E-state index >= 15 is 0 Å². The van der Waals surface area contributed by atoms with E-state index in [0.717, 1.165) is 6.42 Å². The van der Waals surface area contributed by atoms with Crippen molar-refractivity contribution in [2.75, 3.05) is 5.73 Å². The molecule has 86 valence electrons. The van der Waals surface area contributed by atoms with Crippen LogP contribution in [-0.4, -0.2) is 11.9 Å². The van der Waals surface area contributed by atoms with Gasteiger partial charge in [0.25, 0.3) is 5.91 Å². The molecule has 1 unspecified atom stereocenters. The van der Waals surface area contributed by atoms with E-state index < -0.39 is 0 Å². The van der Waals surface area contributed by atoms with Gasteiger partial charge in [0.1, 0.15) is 0 Å². The second-order valence-corrected chi connectivity index (χ2v) is 5.31. The second-order valence-electron chi connectivity index (χ2n) is 4.93. The maximum absolute atomic E-state index is 11.9. The summed E-state index contributed by atoms with van der Waals surface area (Å²) in [6, 6.07) is 5.34. The fraction of sp³-hybridized carbons (Fsp3) is 0.417. The highest BCUT2D eigenvalue weighted by Crippen LogP contribution is 2.44. The first-order valence-electron chi connectivity index (χ1n) is 5.26. The summed E-state index contributed by atoms with van der Waals surface area (Å²) in [5.41, 5.74) is 6.74. The molecular formula is C12H15ClN2O. The highest BCUT2D eigenvalue weighted by molar-refractivity contribution is 6.36. The van der Waals surface area contributed by atoms with Crippen LogP contribution in [0.5, 0.6) is 0 Å². The number of nitrogen functional groups attached to an aromatic ring is 1. The molecule has 1 aromatic rings. The van der Waals surface area contributed by atoms with Crippen molar-refractivity contribution in [3.05, 3.63) is 28.8 Å². The first-order chi connectivity index (χ1) is 7.42. The number of hydrogen-bond acceptors (Lipinski definition) is 2. The van der Waals surface area contributed by atoms with Gasteiger partial charge < -0.3 is 11.1 Å². The third-order valence-electron chi connectivity index (χ3n) is 3.09. The summed E-state index contributed by atoms with van der Waals surface area (Å²) in [6.07, 6.45) is 1.01. The average Bonchev–Trinajstić information content (AvgIpc) is 2.78. The van der Waals surface area contributed by atoms with Crippen LogP contribution in [-0.2, 0) is 0 Å². The molecule has 0 heterocycles. The molecule has 0 bridgehead atoms. The molecule has 1 saturated carbocycles. The highest BCUT2D eigenvalue weighted by Gasteiger charge is 2.46. The van der Waals surface area contributed by atoms with Crippen molar-refractivity contribution < 1.29 is 4.79 Å². The number of halogens is 1. The lowest BCUT2D eigenvalue weighted by Crippen LogP contribution is -2.28. The van der Waals surface area contributed by atoms with Crippen molar-refractivity contribution in [3.8, 4) is 0 Å². The molecule has 1 fully saturated rings. The maximum Gasteiger partial charge on any atom is 0.253 e. The molecule has 3 nitrogen and oxygen atoms in total. The lowest BCUT2D eigenvalue weighted by atomic mass is 10.1. The van der Waals surface area contributed by atoms with Crippen LogP contribution in [0.25, 0.3) is 0 Å². The maximum atomic E-state index is 11.9. The van der Waals surface area contributed by atoms with Crippen LogP contribution in [0.2, 0.25) is 5.02 Å². The van der Waals surface area contributed by atoms with E-state index in [1.54, 1.807) is 18.2 Å². The molecule has 1 amide bonds. The van der Waals surface area contributed by atoms with Gasteiger partial charge in [0.05, 0.1) is 16.3 Å². The first-order valence-corrected chi connectivity index (χ1v) is 5.64. The zero-order valence-electron chi connectivity index (χ0n) is 9.38. The van der Waals surface area contributed by atoms with Crippen LogP contribution in [0.15, 0.2) is 18.2 Å². The Morgan fingerprint density at radius 2 is 2.19 bits per heavy atom. The van der Waals surface area contributed by atoms with Crippen molar-refractivity contribution in [1.82, 2.24) is 5.32 Å². The van der Waals surface area contributed by atoms with Crippen LogP contribution in [0.3, 0.4) is 0 Å². The Morgan fingerprint density at radius 1 is 1.56 bits per heavy atom. The minimum absolute atomic E-state index is 0.145. The second kappa shape index (κ2) is 3.67. The van der Waals surface area contributed by atoms with Gasteiger partial charge in [-0.05, 0) is 24.0 Å².